The number of thiazole rings is 1. The van der Waals surface area contributed by atoms with Crippen molar-refractivity contribution in [3.63, 3.8) is 0 Å². The molecule has 5 heteroatoms. The van der Waals surface area contributed by atoms with Gasteiger partial charge in [0.2, 0.25) is 0 Å². The van der Waals surface area contributed by atoms with Gasteiger partial charge in [0.1, 0.15) is 16.6 Å². The zero-order valence-electron chi connectivity index (χ0n) is 10.6. The summed E-state index contributed by atoms with van der Waals surface area (Å²) in [6.45, 7) is 0.748. The molecule has 0 radical (unpaired) electrons. The van der Waals surface area contributed by atoms with Crippen molar-refractivity contribution in [1.29, 1.82) is 0 Å². The Morgan fingerprint density at radius 1 is 1.47 bits per heavy atom. The molecule has 1 N–H and O–H groups in total. The molecular formula is C14H15FN2OS. The van der Waals surface area contributed by atoms with Gasteiger partial charge in [-0.3, -0.25) is 0 Å². The zero-order valence-corrected chi connectivity index (χ0v) is 11.5. The lowest BCUT2D eigenvalue weighted by molar-refractivity contribution is 0.413. The minimum Gasteiger partial charge on any atom is -0.496 e. The van der Waals surface area contributed by atoms with Crippen LogP contribution in [0.3, 0.4) is 0 Å². The Labute approximate surface area is 115 Å². The molecule has 1 aromatic carbocycles. The molecule has 0 saturated heterocycles. The second-order valence-corrected chi connectivity index (χ2v) is 5.47. The van der Waals surface area contributed by atoms with Gasteiger partial charge in [0, 0.05) is 18.0 Å². The Balaban J connectivity index is 1.84. The summed E-state index contributed by atoms with van der Waals surface area (Å²) in [4.78, 5) is 4.49. The quantitative estimate of drug-likeness (QED) is 0.912. The topological polar surface area (TPSA) is 34.1 Å². The zero-order chi connectivity index (χ0) is 13.2. The molecule has 19 heavy (non-hydrogen) atoms. The molecule has 1 heterocycles. The van der Waals surface area contributed by atoms with Gasteiger partial charge in [0.05, 0.1) is 18.4 Å². The lowest BCUT2D eigenvalue weighted by atomic mass is 10.2. The maximum Gasteiger partial charge on any atom is 0.137 e. The van der Waals surface area contributed by atoms with Crippen molar-refractivity contribution in [3.8, 4) is 16.3 Å². The highest BCUT2D eigenvalue weighted by Gasteiger charge is 2.21. The number of benzene rings is 1. The van der Waals surface area contributed by atoms with Crippen molar-refractivity contribution in [3.05, 3.63) is 35.1 Å². The smallest absolute Gasteiger partial charge is 0.137 e. The molecule has 0 aliphatic heterocycles. The van der Waals surface area contributed by atoms with E-state index in [0.717, 1.165) is 12.2 Å². The fourth-order valence-electron chi connectivity index (χ4n) is 1.92. The fraction of sp³-hybridized carbons (Fsp3) is 0.357. The molecule has 0 amide bonds. The summed E-state index contributed by atoms with van der Waals surface area (Å²) in [7, 11) is 1.54. The largest absolute Gasteiger partial charge is 0.496 e. The molecule has 0 spiro atoms. The molecule has 100 valence electrons. The van der Waals surface area contributed by atoms with Crippen LogP contribution >= 0.6 is 11.3 Å². The highest BCUT2D eigenvalue weighted by Crippen LogP contribution is 2.34. The number of halogens is 1. The number of nitrogens with one attached hydrogen (secondary N) is 1. The monoisotopic (exact) mass is 278 g/mol. The van der Waals surface area contributed by atoms with E-state index in [0.29, 0.717) is 22.4 Å². The lowest BCUT2D eigenvalue weighted by Crippen LogP contribution is -2.15. The summed E-state index contributed by atoms with van der Waals surface area (Å²) in [5, 5.41) is 6.04. The Kier molecular flexibility index (Phi) is 3.48. The maximum atomic E-state index is 13.9. The number of aromatic nitrogens is 1. The van der Waals surface area contributed by atoms with Gasteiger partial charge in [-0.05, 0) is 25.0 Å². The van der Waals surface area contributed by atoms with Crippen LogP contribution < -0.4 is 10.1 Å². The summed E-state index contributed by atoms with van der Waals surface area (Å²) < 4.78 is 19.1. The van der Waals surface area contributed by atoms with E-state index < -0.39 is 0 Å². The first-order chi connectivity index (χ1) is 9.28. The molecule has 1 fully saturated rings. The van der Waals surface area contributed by atoms with Crippen LogP contribution in [0, 0.1) is 5.82 Å². The first-order valence-corrected chi connectivity index (χ1v) is 7.16. The van der Waals surface area contributed by atoms with Crippen molar-refractivity contribution in [2.24, 2.45) is 0 Å². The third-order valence-electron chi connectivity index (χ3n) is 3.11. The van der Waals surface area contributed by atoms with Crippen LogP contribution in [0.4, 0.5) is 4.39 Å². The first-order valence-electron chi connectivity index (χ1n) is 6.28. The minimum absolute atomic E-state index is 0.296. The molecule has 1 aliphatic rings. The van der Waals surface area contributed by atoms with Gasteiger partial charge in [0.25, 0.3) is 0 Å². The Bertz CT molecular complexity index is 581. The van der Waals surface area contributed by atoms with Gasteiger partial charge < -0.3 is 10.1 Å². The van der Waals surface area contributed by atoms with Crippen LogP contribution in [0.2, 0.25) is 0 Å². The molecule has 3 rings (SSSR count). The van der Waals surface area contributed by atoms with E-state index in [2.05, 4.69) is 10.3 Å². The van der Waals surface area contributed by atoms with E-state index in [4.69, 9.17) is 4.74 Å². The first kappa shape index (κ1) is 12.6. The van der Waals surface area contributed by atoms with Crippen molar-refractivity contribution in [1.82, 2.24) is 10.3 Å². The number of hydrogen-bond donors (Lipinski definition) is 1. The van der Waals surface area contributed by atoms with Gasteiger partial charge in [-0.15, -0.1) is 11.3 Å². The molecule has 3 nitrogen and oxygen atoms in total. The minimum atomic E-state index is -0.296. The summed E-state index contributed by atoms with van der Waals surface area (Å²) in [5.74, 6) is 0.228. The fourth-order valence-corrected chi connectivity index (χ4v) is 2.79. The van der Waals surface area contributed by atoms with Crippen LogP contribution in [0.1, 0.15) is 18.5 Å². The van der Waals surface area contributed by atoms with Crippen molar-refractivity contribution < 1.29 is 9.13 Å². The van der Waals surface area contributed by atoms with Gasteiger partial charge in [0.15, 0.2) is 0 Å². The summed E-state index contributed by atoms with van der Waals surface area (Å²) in [6.07, 6.45) is 2.50. The third-order valence-corrected chi connectivity index (χ3v) is 4.02. The van der Waals surface area contributed by atoms with Gasteiger partial charge in [-0.1, -0.05) is 6.07 Å². The standard InChI is InChI=1S/C14H15FN2OS/c1-18-12-4-2-3-11(15)13(12)14-17-10(8-19-14)7-16-9-5-6-9/h2-4,8-9,16H,5-7H2,1H3. The third kappa shape index (κ3) is 2.77. The molecule has 1 aliphatic carbocycles. The summed E-state index contributed by atoms with van der Waals surface area (Å²) >= 11 is 1.45. The predicted molar refractivity (Wildman–Crippen MR) is 73.9 cm³/mol. The van der Waals surface area contributed by atoms with E-state index in [1.807, 2.05) is 5.38 Å². The molecule has 2 aromatic rings. The van der Waals surface area contributed by atoms with E-state index >= 15 is 0 Å². The highest BCUT2D eigenvalue weighted by atomic mass is 32.1. The van der Waals surface area contributed by atoms with E-state index in [1.165, 1.54) is 30.2 Å². The maximum absolute atomic E-state index is 13.9. The van der Waals surface area contributed by atoms with E-state index in [-0.39, 0.29) is 5.82 Å². The number of ether oxygens (including phenoxy) is 1. The van der Waals surface area contributed by atoms with Crippen LogP contribution in [0.15, 0.2) is 23.6 Å². The molecule has 0 atom stereocenters. The number of nitrogens with zero attached hydrogens (tertiary/aromatic N) is 1. The average Bonchev–Trinajstić information content (AvgIpc) is 3.14. The van der Waals surface area contributed by atoms with Gasteiger partial charge in [-0.2, -0.15) is 0 Å². The average molecular weight is 278 g/mol. The molecule has 1 aromatic heterocycles. The second kappa shape index (κ2) is 5.27. The number of rotatable bonds is 5. The van der Waals surface area contributed by atoms with Crippen LogP contribution in [0.5, 0.6) is 5.75 Å². The molecule has 0 unspecified atom stereocenters. The van der Waals surface area contributed by atoms with Gasteiger partial charge >= 0.3 is 0 Å². The molecule has 0 bridgehead atoms. The number of hydrogen-bond acceptors (Lipinski definition) is 4. The van der Waals surface area contributed by atoms with Gasteiger partial charge in [-0.25, -0.2) is 9.37 Å². The normalized spacial score (nSPS) is 14.6. The van der Waals surface area contributed by atoms with Crippen LogP contribution in [0.25, 0.3) is 10.6 Å². The Morgan fingerprint density at radius 3 is 3.05 bits per heavy atom. The summed E-state index contributed by atoms with van der Waals surface area (Å²) in [5.41, 5.74) is 1.41. The van der Waals surface area contributed by atoms with Crippen molar-refractivity contribution in [2.45, 2.75) is 25.4 Å². The SMILES string of the molecule is COc1cccc(F)c1-c1nc(CNC2CC2)cs1. The van der Waals surface area contributed by atoms with E-state index in [9.17, 15) is 4.39 Å². The van der Waals surface area contributed by atoms with Crippen LogP contribution in [-0.2, 0) is 6.54 Å². The van der Waals surface area contributed by atoms with E-state index in [1.54, 1.807) is 19.2 Å². The highest BCUT2D eigenvalue weighted by molar-refractivity contribution is 7.13. The summed E-state index contributed by atoms with van der Waals surface area (Å²) in [6, 6.07) is 5.47. The molecule has 1 saturated carbocycles. The second-order valence-electron chi connectivity index (χ2n) is 4.62. The number of methoxy groups -OCH3 is 1. The lowest BCUT2D eigenvalue weighted by Gasteiger charge is -2.06. The van der Waals surface area contributed by atoms with Crippen molar-refractivity contribution in [2.75, 3.05) is 7.11 Å². The Hall–Kier alpha value is -1.46. The van der Waals surface area contributed by atoms with Crippen molar-refractivity contribution >= 4 is 11.3 Å². The predicted octanol–water partition coefficient (Wildman–Crippen LogP) is 3.21. The molecular weight excluding hydrogens is 263 g/mol. The Morgan fingerprint density at radius 2 is 2.32 bits per heavy atom. The van der Waals surface area contributed by atoms with Crippen LogP contribution in [-0.4, -0.2) is 18.1 Å².